The summed E-state index contributed by atoms with van der Waals surface area (Å²) in [5.74, 6) is 0.0255. The van der Waals surface area contributed by atoms with Gasteiger partial charge in [-0.15, -0.1) is 0 Å². The fourth-order valence-corrected chi connectivity index (χ4v) is 2.71. The number of hydrogen-bond donors (Lipinski definition) is 1. The van der Waals surface area contributed by atoms with Crippen LogP contribution in [0.4, 0.5) is 0 Å². The molecule has 0 bridgehead atoms. The number of aromatic nitrogens is 2. The van der Waals surface area contributed by atoms with Crippen LogP contribution in [0.5, 0.6) is 0 Å². The van der Waals surface area contributed by atoms with Crippen LogP contribution in [0.3, 0.4) is 0 Å². The predicted octanol–water partition coefficient (Wildman–Crippen LogP) is 2.90. The smallest absolute Gasteiger partial charge is 0.203 e. The second-order valence-corrected chi connectivity index (χ2v) is 5.43. The Balaban J connectivity index is 1.97. The number of Topliss-reactive ketones (excluding diaryl/α,β-unsaturated/α-hetero) is 1. The average molecular weight is 293 g/mol. The molecule has 4 nitrogen and oxygen atoms in total. The molecular formula is C18H19N3O. The van der Waals surface area contributed by atoms with Gasteiger partial charge in [-0.2, -0.15) is 0 Å². The number of nitrogens with one attached hydrogen (secondary N) is 1. The lowest BCUT2D eigenvalue weighted by molar-refractivity contribution is 0.0971. The Hall–Kier alpha value is -2.62. The molecule has 0 atom stereocenters. The molecule has 0 amide bonds. The van der Waals surface area contributed by atoms with Gasteiger partial charge in [0.2, 0.25) is 5.62 Å². The molecule has 22 heavy (non-hydrogen) atoms. The van der Waals surface area contributed by atoms with Crippen LogP contribution in [0, 0.1) is 5.41 Å². The summed E-state index contributed by atoms with van der Waals surface area (Å²) >= 11 is 0. The van der Waals surface area contributed by atoms with Gasteiger partial charge in [0.05, 0.1) is 17.6 Å². The summed E-state index contributed by atoms with van der Waals surface area (Å²) in [4.78, 5) is 12.5. The van der Waals surface area contributed by atoms with Crippen LogP contribution < -0.4 is 5.62 Å². The lowest BCUT2D eigenvalue weighted by atomic mass is 10.1. The second-order valence-electron chi connectivity index (χ2n) is 5.43. The standard InChI is InChI=1S/C18H19N3O/c1-3-13-8-10-14(11-9-13)17(22)12-21-16-7-5-4-6-15(16)20(2)18(21)19/h4-11,19H,3,12H2,1-2H3. The van der Waals surface area contributed by atoms with Crippen LogP contribution in [0.1, 0.15) is 22.8 Å². The zero-order valence-electron chi connectivity index (χ0n) is 12.8. The Labute approximate surface area is 129 Å². The number of imidazole rings is 1. The minimum atomic E-state index is 0.0255. The summed E-state index contributed by atoms with van der Waals surface area (Å²) in [6.45, 7) is 2.28. The van der Waals surface area contributed by atoms with Crippen LogP contribution in [0.2, 0.25) is 0 Å². The van der Waals surface area contributed by atoms with Gasteiger partial charge < -0.3 is 9.13 Å². The molecule has 1 heterocycles. The predicted molar refractivity (Wildman–Crippen MR) is 86.9 cm³/mol. The number of fused-ring (bicyclic) bond motifs is 1. The molecule has 0 aliphatic carbocycles. The van der Waals surface area contributed by atoms with E-state index in [1.54, 1.807) is 9.13 Å². The van der Waals surface area contributed by atoms with Crippen molar-refractivity contribution in [2.24, 2.45) is 7.05 Å². The van der Waals surface area contributed by atoms with Gasteiger partial charge in [0.15, 0.2) is 5.78 Å². The Morgan fingerprint density at radius 3 is 2.32 bits per heavy atom. The molecule has 3 rings (SSSR count). The SMILES string of the molecule is CCc1ccc(C(=O)Cn2c(=N)n(C)c3ccccc32)cc1. The molecular weight excluding hydrogens is 274 g/mol. The van der Waals surface area contributed by atoms with Crippen LogP contribution in [0.25, 0.3) is 11.0 Å². The van der Waals surface area contributed by atoms with Crippen molar-refractivity contribution in [1.29, 1.82) is 5.41 Å². The third-order valence-electron chi connectivity index (χ3n) is 4.09. The van der Waals surface area contributed by atoms with Crippen LogP contribution in [0.15, 0.2) is 48.5 Å². The van der Waals surface area contributed by atoms with E-state index in [2.05, 4.69) is 6.92 Å². The fraction of sp³-hybridized carbons (Fsp3) is 0.222. The van der Waals surface area contributed by atoms with Gasteiger partial charge in [0, 0.05) is 12.6 Å². The first-order chi connectivity index (χ1) is 10.6. The van der Waals surface area contributed by atoms with Gasteiger partial charge in [0.25, 0.3) is 0 Å². The van der Waals surface area contributed by atoms with Crippen LogP contribution in [-0.4, -0.2) is 14.9 Å². The van der Waals surface area contributed by atoms with E-state index in [0.29, 0.717) is 11.2 Å². The molecule has 0 saturated carbocycles. The quantitative estimate of drug-likeness (QED) is 0.739. The van der Waals surface area contributed by atoms with E-state index in [0.717, 1.165) is 17.5 Å². The number of rotatable bonds is 4. The minimum absolute atomic E-state index is 0.0255. The highest BCUT2D eigenvalue weighted by molar-refractivity contribution is 5.96. The summed E-state index contributed by atoms with van der Waals surface area (Å²) in [7, 11) is 1.85. The molecule has 0 aliphatic rings. The van der Waals surface area contributed by atoms with E-state index in [4.69, 9.17) is 5.41 Å². The number of carbonyl (C=O) groups is 1. The molecule has 0 unspecified atom stereocenters. The summed E-state index contributed by atoms with van der Waals surface area (Å²) in [5, 5.41) is 8.22. The van der Waals surface area contributed by atoms with Crippen molar-refractivity contribution in [2.75, 3.05) is 0 Å². The first kappa shape index (κ1) is 14.3. The van der Waals surface area contributed by atoms with Crippen molar-refractivity contribution in [1.82, 2.24) is 9.13 Å². The number of hydrogen-bond acceptors (Lipinski definition) is 2. The monoisotopic (exact) mass is 293 g/mol. The summed E-state index contributed by atoms with van der Waals surface area (Å²) in [6.07, 6.45) is 0.962. The lowest BCUT2D eigenvalue weighted by Gasteiger charge is -2.05. The average Bonchev–Trinajstić information content (AvgIpc) is 2.80. The minimum Gasteiger partial charge on any atom is -0.313 e. The third-order valence-corrected chi connectivity index (χ3v) is 4.09. The Bertz CT molecular complexity index is 885. The number of aryl methyl sites for hydroxylation is 2. The van der Waals surface area contributed by atoms with Gasteiger partial charge in [-0.1, -0.05) is 43.3 Å². The van der Waals surface area contributed by atoms with E-state index in [-0.39, 0.29) is 12.3 Å². The Morgan fingerprint density at radius 2 is 1.68 bits per heavy atom. The highest BCUT2D eigenvalue weighted by atomic mass is 16.1. The molecule has 4 heteroatoms. The maximum atomic E-state index is 12.5. The molecule has 0 aliphatic heterocycles. The molecule has 0 saturated heterocycles. The van der Waals surface area contributed by atoms with E-state index in [1.165, 1.54) is 5.56 Å². The molecule has 112 valence electrons. The van der Waals surface area contributed by atoms with Gasteiger partial charge in [0.1, 0.15) is 0 Å². The van der Waals surface area contributed by atoms with E-state index in [1.807, 2.05) is 55.6 Å². The summed E-state index contributed by atoms with van der Waals surface area (Å²) < 4.78 is 3.55. The molecule has 0 fully saturated rings. The Morgan fingerprint density at radius 1 is 1.05 bits per heavy atom. The fourth-order valence-electron chi connectivity index (χ4n) is 2.71. The highest BCUT2D eigenvalue weighted by Crippen LogP contribution is 2.13. The van der Waals surface area contributed by atoms with E-state index >= 15 is 0 Å². The van der Waals surface area contributed by atoms with E-state index in [9.17, 15) is 4.79 Å². The van der Waals surface area contributed by atoms with Gasteiger partial charge in [-0.3, -0.25) is 10.2 Å². The summed E-state index contributed by atoms with van der Waals surface area (Å²) in [6, 6.07) is 15.5. The molecule has 0 radical (unpaired) electrons. The van der Waals surface area contributed by atoms with Gasteiger partial charge in [-0.05, 0) is 24.1 Å². The maximum Gasteiger partial charge on any atom is 0.203 e. The van der Waals surface area contributed by atoms with Crippen LogP contribution >= 0.6 is 0 Å². The number of para-hydroxylation sites is 2. The number of ketones is 1. The largest absolute Gasteiger partial charge is 0.313 e. The number of benzene rings is 2. The lowest BCUT2D eigenvalue weighted by Crippen LogP contribution is -2.25. The Kier molecular flexibility index (Phi) is 3.67. The van der Waals surface area contributed by atoms with Crippen molar-refractivity contribution in [3.8, 4) is 0 Å². The molecule has 2 aromatic carbocycles. The molecule has 1 N–H and O–H groups in total. The van der Waals surface area contributed by atoms with Crippen molar-refractivity contribution in [3.05, 3.63) is 65.3 Å². The van der Waals surface area contributed by atoms with Gasteiger partial charge in [-0.25, -0.2) is 0 Å². The van der Waals surface area contributed by atoms with Crippen molar-refractivity contribution in [2.45, 2.75) is 19.9 Å². The normalized spacial score (nSPS) is 11.0. The van der Waals surface area contributed by atoms with Gasteiger partial charge >= 0.3 is 0 Å². The zero-order valence-corrected chi connectivity index (χ0v) is 12.8. The maximum absolute atomic E-state index is 12.5. The first-order valence-corrected chi connectivity index (χ1v) is 7.42. The molecule has 3 aromatic rings. The summed E-state index contributed by atoms with van der Waals surface area (Å²) in [5.41, 5.74) is 4.11. The zero-order chi connectivity index (χ0) is 15.7. The van der Waals surface area contributed by atoms with Crippen LogP contribution in [-0.2, 0) is 20.0 Å². The number of nitrogens with zero attached hydrogens (tertiary/aromatic N) is 2. The van der Waals surface area contributed by atoms with Crippen molar-refractivity contribution in [3.63, 3.8) is 0 Å². The topological polar surface area (TPSA) is 50.8 Å². The highest BCUT2D eigenvalue weighted by Gasteiger charge is 2.12. The van der Waals surface area contributed by atoms with Crippen molar-refractivity contribution >= 4 is 16.8 Å². The first-order valence-electron chi connectivity index (χ1n) is 7.42. The van der Waals surface area contributed by atoms with E-state index < -0.39 is 0 Å². The third kappa shape index (κ3) is 2.37. The molecule has 1 aromatic heterocycles. The van der Waals surface area contributed by atoms with Crippen molar-refractivity contribution < 1.29 is 4.79 Å². The molecule has 0 spiro atoms. The second kappa shape index (κ2) is 5.64. The number of carbonyl (C=O) groups excluding carboxylic acids is 1.